The molecule has 0 saturated carbocycles. The van der Waals surface area contributed by atoms with Crippen LogP contribution in [0.3, 0.4) is 0 Å². The zero-order valence-electron chi connectivity index (χ0n) is 31.1. The van der Waals surface area contributed by atoms with Gasteiger partial charge in [-0.25, -0.2) is 24.1 Å². The fourth-order valence-electron chi connectivity index (χ4n) is 6.73. The Kier molecular flexibility index (Phi) is 10.8. The molecule has 2 N–H and O–H groups in total. The highest BCUT2D eigenvalue weighted by atomic mass is 35.5. The number of aliphatic hydroxyl groups is 1. The van der Waals surface area contributed by atoms with E-state index in [2.05, 4.69) is 15.0 Å². The van der Waals surface area contributed by atoms with E-state index in [4.69, 9.17) is 39.7 Å². The summed E-state index contributed by atoms with van der Waals surface area (Å²) in [6, 6.07) is 25.0. The number of nitrogens with zero attached hydrogens (tertiary/aromatic N) is 3. The van der Waals surface area contributed by atoms with E-state index in [1.54, 1.807) is 74.8 Å². The Hall–Kier alpha value is -6.70. The van der Waals surface area contributed by atoms with Gasteiger partial charge in [-0.2, -0.15) is 0 Å². The first kappa shape index (κ1) is 38.2. The molecule has 5 heterocycles. The van der Waals surface area contributed by atoms with Gasteiger partial charge in [0, 0.05) is 41.6 Å². The molecule has 4 aromatic carbocycles. The van der Waals surface area contributed by atoms with Gasteiger partial charge in [-0.15, -0.1) is 0 Å². The number of methoxy groups -OCH3 is 1. The van der Waals surface area contributed by atoms with Crippen LogP contribution in [0.1, 0.15) is 16.8 Å². The third-order valence-electron chi connectivity index (χ3n) is 9.63. The lowest BCUT2D eigenvalue weighted by atomic mass is 9.95. The molecule has 14 heteroatoms. The van der Waals surface area contributed by atoms with Crippen molar-refractivity contribution < 1.29 is 47.5 Å². The predicted octanol–water partition coefficient (Wildman–Crippen LogP) is 8.51. The van der Waals surface area contributed by atoms with Gasteiger partial charge in [0.15, 0.2) is 11.9 Å². The van der Waals surface area contributed by atoms with Crippen molar-refractivity contribution in [1.82, 2.24) is 15.0 Å². The van der Waals surface area contributed by atoms with Crippen LogP contribution in [0.4, 0.5) is 4.39 Å². The predicted molar refractivity (Wildman–Crippen MR) is 212 cm³/mol. The maximum Gasteiger partial charge on any atom is 0.345 e. The number of carboxylic acid groups (broad SMARTS) is 1. The first-order valence-electron chi connectivity index (χ1n) is 18.2. The molecular formula is C44H35ClFN3O9. The molecule has 12 nitrogen and oxygen atoms in total. The topological polar surface area (TPSA) is 155 Å². The molecule has 0 amide bonds. The highest BCUT2D eigenvalue weighted by Gasteiger charge is 2.29. The summed E-state index contributed by atoms with van der Waals surface area (Å²) in [5.74, 6) is 0.704. The highest BCUT2D eigenvalue weighted by molar-refractivity contribution is 6.33. The van der Waals surface area contributed by atoms with Crippen molar-refractivity contribution in [2.45, 2.75) is 32.2 Å². The number of pyridine rings is 1. The molecule has 4 bridgehead atoms. The number of carbonyl (C=O) groups is 1. The number of hydrogen-bond acceptors (Lipinski definition) is 11. The van der Waals surface area contributed by atoms with E-state index in [9.17, 15) is 19.4 Å². The van der Waals surface area contributed by atoms with E-state index in [0.717, 1.165) is 0 Å². The number of aliphatic hydroxyl groups excluding tert-OH is 1. The average Bonchev–Trinajstić information content (AvgIpc) is 3.63. The lowest BCUT2D eigenvalue weighted by Crippen LogP contribution is -2.30. The van der Waals surface area contributed by atoms with Crippen LogP contribution in [0.15, 0.2) is 108 Å². The number of aliphatic carboxylic acids is 1. The third kappa shape index (κ3) is 7.69. The van der Waals surface area contributed by atoms with Gasteiger partial charge in [-0.05, 0) is 84.8 Å². The molecule has 7 aromatic rings. The molecule has 0 aliphatic carbocycles. The van der Waals surface area contributed by atoms with Gasteiger partial charge >= 0.3 is 5.97 Å². The Balaban J connectivity index is 1.22. The van der Waals surface area contributed by atoms with Gasteiger partial charge in [-0.3, -0.25) is 0 Å². The molecule has 0 spiro atoms. The summed E-state index contributed by atoms with van der Waals surface area (Å²) in [5, 5.41) is 21.6. The lowest BCUT2D eigenvalue weighted by Gasteiger charge is -2.21. The molecule has 0 saturated heterocycles. The normalized spacial score (nSPS) is 15.2. The van der Waals surface area contributed by atoms with E-state index in [-0.39, 0.29) is 30.5 Å². The Bertz CT molecular complexity index is 2640. The Morgan fingerprint density at radius 2 is 1.76 bits per heavy atom. The van der Waals surface area contributed by atoms with E-state index in [1.807, 2.05) is 24.3 Å². The van der Waals surface area contributed by atoms with Crippen molar-refractivity contribution in [3.05, 3.63) is 131 Å². The van der Waals surface area contributed by atoms with Crippen LogP contribution in [0.2, 0.25) is 5.02 Å². The lowest BCUT2D eigenvalue weighted by molar-refractivity contribution is -0.145. The molecule has 0 unspecified atom stereocenters. The average molecular weight is 804 g/mol. The fourth-order valence-corrected chi connectivity index (χ4v) is 6.94. The first-order valence-corrected chi connectivity index (χ1v) is 18.6. The minimum Gasteiger partial charge on any atom is -0.496 e. The Morgan fingerprint density at radius 3 is 2.55 bits per heavy atom. The third-order valence-corrected chi connectivity index (χ3v) is 10.1. The quantitative estimate of drug-likeness (QED) is 0.151. The molecule has 2 aliphatic heterocycles. The molecule has 0 fully saturated rings. The van der Waals surface area contributed by atoms with Crippen molar-refractivity contribution in [1.29, 1.82) is 0 Å². The van der Waals surface area contributed by atoms with Crippen LogP contribution in [0.25, 0.3) is 44.8 Å². The number of ether oxygens (including phenoxy) is 5. The molecule has 2 atom stereocenters. The molecule has 0 radical (unpaired) electrons. The number of aromatic nitrogens is 3. The second kappa shape index (κ2) is 16.4. The zero-order chi connectivity index (χ0) is 40.3. The van der Waals surface area contributed by atoms with E-state index >= 15 is 0 Å². The minimum absolute atomic E-state index is 0.0135. The van der Waals surface area contributed by atoms with Gasteiger partial charge in [0.25, 0.3) is 0 Å². The number of carboxylic acids is 1. The summed E-state index contributed by atoms with van der Waals surface area (Å²) in [6.07, 6.45) is 0.575. The smallest absolute Gasteiger partial charge is 0.345 e. The SMILES string of the molecule is COc1ccccc1-c1nccc(COc2ccc3cc2C[C@H](C(=O)O)Oc2nccc4oc(-c5ccc(F)cc5)c(c24)-c2ccc(c(Cl)c2C)O[C@H](CO)CO3)n1. The maximum atomic E-state index is 14.1. The summed E-state index contributed by atoms with van der Waals surface area (Å²) in [6.45, 7) is 1.33. The van der Waals surface area contributed by atoms with E-state index < -0.39 is 30.6 Å². The standard InChI is InChI=1S/C44H35ClFN3O9/c1-24-31-12-14-36(40(24)45)56-30(21-50)23-54-29-11-13-33(55-22-28-15-17-47-42(49-28)32-5-3-4-6-34(32)53-2)26(19-29)20-37(44(51)52)58-43-39-35(16-18-48-43)57-41(38(31)39)25-7-9-27(46)10-8-25/h3-19,30,37,50H,20-23H2,1-2H3,(H,51,52)/t30-,37-/m1/s1. The van der Waals surface area contributed by atoms with Crippen LogP contribution >= 0.6 is 11.6 Å². The zero-order valence-corrected chi connectivity index (χ0v) is 31.9. The van der Waals surface area contributed by atoms with Gasteiger partial charge < -0.3 is 38.3 Å². The van der Waals surface area contributed by atoms with Gasteiger partial charge in [-0.1, -0.05) is 29.8 Å². The summed E-state index contributed by atoms with van der Waals surface area (Å²) < 4.78 is 50.9. The van der Waals surface area contributed by atoms with Crippen molar-refractivity contribution in [3.8, 4) is 62.7 Å². The van der Waals surface area contributed by atoms with E-state index in [0.29, 0.717) is 84.6 Å². The van der Waals surface area contributed by atoms with Crippen LogP contribution in [0, 0.1) is 12.7 Å². The second-order valence-electron chi connectivity index (χ2n) is 13.4. The summed E-state index contributed by atoms with van der Waals surface area (Å²) in [5.41, 5.74) is 4.27. The minimum atomic E-state index is -1.49. The number of para-hydroxylation sites is 1. The molecule has 2 aliphatic rings. The van der Waals surface area contributed by atoms with Crippen LogP contribution in [0.5, 0.6) is 28.9 Å². The fraction of sp³-hybridized carbons (Fsp3) is 0.182. The van der Waals surface area contributed by atoms with Crippen LogP contribution in [-0.2, 0) is 17.8 Å². The molecule has 9 rings (SSSR count). The van der Waals surface area contributed by atoms with Gasteiger partial charge in [0.2, 0.25) is 12.0 Å². The molecule has 58 heavy (non-hydrogen) atoms. The van der Waals surface area contributed by atoms with E-state index in [1.165, 1.54) is 18.3 Å². The van der Waals surface area contributed by atoms with Crippen molar-refractivity contribution in [3.63, 3.8) is 0 Å². The summed E-state index contributed by atoms with van der Waals surface area (Å²) >= 11 is 6.94. The summed E-state index contributed by atoms with van der Waals surface area (Å²) in [7, 11) is 1.57. The van der Waals surface area contributed by atoms with Gasteiger partial charge in [0.05, 0.1) is 35.4 Å². The maximum absolute atomic E-state index is 14.1. The number of halogens is 2. The highest BCUT2D eigenvalue weighted by Crippen LogP contribution is 2.47. The number of furan rings is 1. The summed E-state index contributed by atoms with van der Waals surface area (Å²) in [4.78, 5) is 26.7. The number of rotatable bonds is 8. The number of hydrogen-bond donors (Lipinski definition) is 2. The monoisotopic (exact) mass is 803 g/mol. The van der Waals surface area contributed by atoms with Crippen LogP contribution in [-0.4, -0.2) is 63.7 Å². The van der Waals surface area contributed by atoms with Crippen LogP contribution < -0.4 is 23.7 Å². The van der Waals surface area contributed by atoms with Gasteiger partial charge in [0.1, 0.15) is 53.4 Å². The van der Waals surface area contributed by atoms with Crippen molar-refractivity contribution in [2.75, 3.05) is 20.3 Å². The van der Waals surface area contributed by atoms with Crippen molar-refractivity contribution >= 4 is 28.5 Å². The molecule has 294 valence electrons. The molecule has 3 aromatic heterocycles. The number of fused-ring (bicyclic) bond motifs is 7. The second-order valence-corrected chi connectivity index (χ2v) is 13.7. The van der Waals surface area contributed by atoms with Crippen molar-refractivity contribution in [2.24, 2.45) is 0 Å². The number of benzene rings is 4. The largest absolute Gasteiger partial charge is 0.496 e. The molecular weight excluding hydrogens is 769 g/mol. The first-order chi connectivity index (χ1) is 28.2. The Morgan fingerprint density at radius 1 is 0.948 bits per heavy atom. The Labute approximate surface area is 336 Å².